The Morgan fingerprint density at radius 2 is 2.08 bits per heavy atom. The van der Waals surface area contributed by atoms with Gasteiger partial charge in [0.05, 0.1) is 25.2 Å². The van der Waals surface area contributed by atoms with Crippen LogP contribution in [0.4, 0.5) is 0 Å². The molecule has 5 nitrogen and oxygen atoms in total. The third kappa shape index (κ3) is 4.08. The second kappa shape index (κ2) is 8.18. The quantitative estimate of drug-likeness (QED) is 0.776. The predicted molar refractivity (Wildman–Crippen MR) is 92.3 cm³/mol. The van der Waals surface area contributed by atoms with E-state index in [1.54, 1.807) is 18.9 Å². The molecule has 1 atom stereocenters. The van der Waals surface area contributed by atoms with Gasteiger partial charge in [-0.2, -0.15) is 0 Å². The van der Waals surface area contributed by atoms with Crippen molar-refractivity contribution in [2.45, 2.75) is 39.5 Å². The van der Waals surface area contributed by atoms with Crippen LogP contribution in [-0.2, 0) is 9.53 Å². The number of amides is 1. The molecule has 5 heteroatoms. The van der Waals surface area contributed by atoms with Gasteiger partial charge >= 0.3 is 5.97 Å². The number of ether oxygens (including phenoxy) is 2. The van der Waals surface area contributed by atoms with Gasteiger partial charge in [0, 0.05) is 13.1 Å². The highest BCUT2D eigenvalue weighted by atomic mass is 16.5. The highest BCUT2D eigenvalue weighted by Crippen LogP contribution is 2.27. The molecule has 0 spiro atoms. The van der Waals surface area contributed by atoms with E-state index in [9.17, 15) is 9.59 Å². The summed E-state index contributed by atoms with van der Waals surface area (Å²) in [6, 6.07) is 5.71. The number of piperidine rings is 1. The Balaban J connectivity index is 2.17. The fraction of sp³-hybridized carbons (Fsp3) is 0.579. The zero-order valence-corrected chi connectivity index (χ0v) is 15.0. The van der Waals surface area contributed by atoms with E-state index in [1.165, 1.54) is 0 Å². The van der Waals surface area contributed by atoms with Gasteiger partial charge in [-0.25, -0.2) is 0 Å². The van der Waals surface area contributed by atoms with Gasteiger partial charge in [0.15, 0.2) is 0 Å². The zero-order valence-electron chi connectivity index (χ0n) is 15.0. The first kappa shape index (κ1) is 18.3. The maximum absolute atomic E-state index is 12.9. The van der Waals surface area contributed by atoms with Crippen molar-refractivity contribution < 1.29 is 19.1 Å². The molecule has 1 aliphatic heterocycles. The largest absolute Gasteiger partial charge is 0.496 e. The summed E-state index contributed by atoms with van der Waals surface area (Å²) < 4.78 is 10.5. The molecule has 1 fully saturated rings. The van der Waals surface area contributed by atoms with Crippen LogP contribution in [0.15, 0.2) is 18.2 Å². The summed E-state index contributed by atoms with van der Waals surface area (Å²) in [5.41, 5.74) is 1.68. The van der Waals surface area contributed by atoms with Gasteiger partial charge in [0.1, 0.15) is 5.75 Å². The number of rotatable bonds is 5. The number of esters is 1. The summed E-state index contributed by atoms with van der Waals surface area (Å²) in [6.45, 7) is 7.44. The first-order valence-electron chi connectivity index (χ1n) is 8.61. The Morgan fingerprint density at radius 3 is 2.71 bits per heavy atom. The number of carbonyl (C=O) groups is 2. The van der Waals surface area contributed by atoms with Crippen LogP contribution in [0.5, 0.6) is 5.75 Å². The molecule has 2 rings (SSSR count). The van der Waals surface area contributed by atoms with Crippen LogP contribution in [-0.4, -0.2) is 43.6 Å². The summed E-state index contributed by atoms with van der Waals surface area (Å²) in [7, 11) is 1.58. The van der Waals surface area contributed by atoms with Crippen LogP contribution in [0.3, 0.4) is 0 Å². The van der Waals surface area contributed by atoms with Gasteiger partial charge in [0.2, 0.25) is 0 Å². The van der Waals surface area contributed by atoms with E-state index >= 15 is 0 Å². The fourth-order valence-electron chi connectivity index (χ4n) is 3.03. The number of carbonyl (C=O) groups excluding carboxylic acids is 2. The van der Waals surface area contributed by atoms with E-state index in [1.807, 2.05) is 18.2 Å². The molecule has 0 saturated carbocycles. The molecule has 0 aliphatic carbocycles. The van der Waals surface area contributed by atoms with E-state index in [2.05, 4.69) is 13.8 Å². The highest BCUT2D eigenvalue weighted by molar-refractivity contribution is 5.97. The molecule has 1 aromatic carbocycles. The van der Waals surface area contributed by atoms with Crippen molar-refractivity contribution in [3.05, 3.63) is 29.3 Å². The minimum atomic E-state index is -0.233. The molecule has 0 aromatic heterocycles. The van der Waals surface area contributed by atoms with Crippen molar-refractivity contribution in [2.24, 2.45) is 5.92 Å². The maximum atomic E-state index is 12.9. The monoisotopic (exact) mass is 333 g/mol. The molecular weight excluding hydrogens is 306 g/mol. The molecule has 24 heavy (non-hydrogen) atoms. The molecule has 1 amide bonds. The molecule has 1 saturated heterocycles. The zero-order chi connectivity index (χ0) is 17.7. The average molecular weight is 333 g/mol. The predicted octanol–water partition coefficient (Wildman–Crippen LogP) is 3.23. The standard InChI is InChI=1S/C19H27NO4/c1-5-24-19(22)15-7-6-10-20(12-15)18(21)16-9-8-14(13(2)3)11-17(16)23-4/h8-9,11,13,15H,5-7,10,12H2,1-4H3. The summed E-state index contributed by atoms with van der Waals surface area (Å²) in [5.74, 6) is 0.424. The number of nitrogens with zero attached hydrogens (tertiary/aromatic N) is 1. The summed E-state index contributed by atoms with van der Waals surface area (Å²) in [5, 5.41) is 0. The number of benzene rings is 1. The number of hydrogen-bond acceptors (Lipinski definition) is 4. The smallest absolute Gasteiger partial charge is 0.310 e. The number of hydrogen-bond donors (Lipinski definition) is 0. The van der Waals surface area contributed by atoms with Crippen molar-refractivity contribution in [3.63, 3.8) is 0 Å². The van der Waals surface area contributed by atoms with Gasteiger partial charge in [-0.3, -0.25) is 9.59 Å². The average Bonchev–Trinajstić information content (AvgIpc) is 2.60. The SMILES string of the molecule is CCOC(=O)C1CCCN(C(=O)c2ccc(C(C)C)cc2OC)C1. The second-order valence-electron chi connectivity index (χ2n) is 6.46. The summed E-state index contributed by atoms with van der Waals surface area (Å²) in [4.78, 5) is 26.6. The van der Waals surface area contributed by atoms with Crippen molar-refractivity contribution in [1.29, 1.82) is 0 Å². The van der Waals surface area contributed by atoms with Crippen LogP contribution in [0.2, 0.25) is 0 Å². The highest BCUT2D eigenvalue weighted by Gasteiger charge is 2.30. The van der Waals surface area contributed by atoms with Crippen LogP contribution in [0.25, 0.3) is 0 Å². The molecule has 0 N–H and O–H groups in total. The van der Waals surface area contributed by atoms with Gasteiger partial charge in [0.25, 0.3) is 5.91 Å². The molecule has 0 bridgehead atoms. The summed E-state index contributed by atoms with van der Waals surface area (Å²) >= 11 is 0. The molecule has 1 aromatic rings. The lowest BCUT2D eigenvalue weighted by atomic mass is 9.96. The van der Waals surface area contributed by atoms with E-state index in [4.69, 9.17) is 9.47 Å². The normalized spacial score (nSPS) is 17.7. The van der Waals surface area contributed by atoms with Crippen LogP contribution in [0, 0.1) is 5.92 Å². The molecule has 132 valence electrons. The van der Waals surface area contributed by atoms with Crippen molar-refractivity contribution >= 4 is 11.9 Å². The first-order valence-corrected chi connectivity index (χ1v) is 8.61. The van der Waals surface area contributed by atoms with Gasteiger partial charge in [-0.15, -0.1) is 0 Å². The van der Waals surface area contributed by atoms with Gasteiger partial charge in [-0.05, 0) is 43.4 Å². The summed E-state index contributed by atoms with van der Waals surface area (Å²) in [6.07, 6.45) is 1.58. The minimum Gasteiger partial charge on any atom is -0.496 e. The molecule has 1 heterocycles. The number of methoxy groups -OCH3 is 1. The van der Waals surface area contributed by atoms with Crippen LogP contribution >= 0.6 is 0 Å². The minimum absolute atomic E-state index is 0.0869. The van der Waals surface area contributed by atoms with Crippen LogP contribution in [0.1, 0.15) is 55.5 Å². The van der Waals surface area contributed by atoms with Crippen molar-refractivity contribution in [1.82, 2.24) is 4.90 Å². The van der Waals surface area contributed by atoms with E-state index < -0.39 is 0 Å². The molecule has 0 radical (unpaired) electrons. The lowest BCUT2D eigenvalue weighted by Crippen LogP contribution is -2.42. The second-order valence-corrected chi connectivity index (χ2v) is 6.46. The van der Waals surface area contributed by atoms with Gasteiger partial charge < -0.3 is 14.4 Å². The van der Waals surface area contributed by atoms with E-state index in [0.717, 1.165) is 18.4 Å². The Hall–Kier alpha value is -2.04. The van der Waals surface area contributed by atoms with Crippen molar-refractivity contribution in [2.75, 3.05) is 26.8 Å². The first-order chi connectivity index (χ1) is 11.5. The molecular formula is C19H27NO4. The fourth-order valence-corrected chi connectivity index (χ4v) is 3.03. The third-order valence-corrected chi connectivity index (χ3v) is 4.45. The third-order valence-electron chi connectivity index (χ3n) is 4.45. The Kier molecular flexibility index (Phi) is 6.23. The van der Waals surface area contributed by atoms with Gasteiger partial charge in [-0.1, -0.05) is 19.9 Å². The topological polar surface area (TPSA) is 55.8 Å². The lowest BCUT2D eigenvalue weighted by molar-refractivity contribution is -0.149. The van der Waals surface area contributed by atoms with E-state index in [-0.39, 0.29) is 17.8 Å². The Bertz CT molecular complexity index is 597. The maximum Gasteiger partial charge on any atom is 0.310 e. The number of likely N-dealkylation sites (tertiary alicyclic amines) is 1. The van der Waals surface area contributed by atoms with E-state index in [0.29, 0.717) is 36.9 Å². The molecule has 1 unspecified atom stereocenters. The van der Waals surface area contributed by atoms with Crippen molar-refractivity contribution in [3.8, 4) is 5.75 Å². The lowest BCUT2D eigenvalue weighted by Gasteiger charge is -2.32. The Labute approximate surface area is 143 Å². The molecule has 1 aliphatic rings. The van der Waals surface area contributed by atoms with Crippen LogP contribution < -0.4 is 4.74 Å². The Morgan fingerprint density at radius 1 is 1.33 bits per heavy atom.